The molecule has 2 aromatic heterocycles. The minimum Gasteiger partial charge on any atom is -0.353 e. The summed E-state index contributed by atoms with van der Waals surface area (Å²) in [7, 11) is 0. The minimum atomic E-state index is 0. The van der Waals surface area contributed by atoms with Crippen molar-refractivity contribution in [1.82, 2.24) is 9.38 Å². The van der Waals surface area contributed by atoms with Gasteiger partial charge in [0.2, 0.25) is 0 Å². The normalized spacial score (nSPS) is 18.9. The van der Waals surface area contributed by atoms with Crippen molar-refractivity contribution in [3.63, 3.8) is 0 Å². The number of nitrogens with two attached hydrogens (primary N) is 1. The Bertz CT molecular complexity index is 485. The fraction of sp³-hybridized carbons (Fsp3) is 0.364. The molecule has 0 unspecified atom stereocenters. The highest BCUT2D eigenvalue weighted by Gasteiger charge is 2.21. The standard InChI is InChI=1S/C11H14N4.2ClH/c12-9-3-6-15(8-9)11-10-2-1-5-14(10)7-4-13-11;;/h1-2,4-5,7,9H,3,6,8,12H2;2*1H/t9-;;/m0../s1. The quantitative estimate of drug-likeness (QED) is 0.862. The molecule has 0 bridgehead atoms. The van der Waals surface area contributed by atoms with Crippen LogP contribution in [-0.2, 0) is 0 Å². The van der Waals surface area contributed by atoms with Crippen molar-refractivity contribution in [2.45, 2.75) is 12.5 Å². The summed E-state index contributed by atoms with van der Waals surface area (Å²) in [5.41, 5.74) is 7.06. The van der Waals surface area contributed by atoms with Gasteiger partial charge in [0.15, 0.2) is 5.82 Å². The summed E-state index contributed by atoms with van der Waals surface area (Å²) in [5.74, 6) is 1.05. The van der Waals surface area contributed by atoms with E-state index >= 15 is 0 Å². The molecule has 3 heterocycles. The Morgan fingerprint density at radius 1 is 1.29 bits per heavy atom. The largest absolute Gasteiger partial charge is 0.353 e. The van der Waals surface area contributed by atoms with Crippen LogP contribution >= 0.6 is 24.8 Å². The molecule has 0 amide bonds. The Kier molecular flexibility index (Phi) is 4.62. The highest BCUT2D eigenvalue weighted by Crippen LogP contribution is 2.22. The first kappa shape index (κ1) is 14.1. The molecule has 0 saturated carbocycles. The number of aromatic nitrogens is 2. The summed E-state index contributed by atoms with van der Waals surface area (Å²) in [6.45, 7) is 1.93. The van der Waals surface area contributed by atoms with Gasteiger partial charge in [-0.25, -0.2) is 4.98 Å². The highest BCUT2D eigenvalue weighted by atomic mass is 35.5. The van der Waals surface area contributed by atoms with Gasteiger partial charge in [0.05, 0.1) is 5.52 Å². The number of hydrogen-bond donors (Lipinski definition) is 1. The van der Waals surface area contributed by atoms with Gasteiger partial charge in [-0.3, -0.25) is 0 Å². The van der Waals surface area contributed by atoms with Gasteiger partial charge >= 0.3 is 0 Å². The van der Waals surface area contributed by atoms with Crippen LogP contribution in [0.3, 0.4) is 0 Å². The van der Waals surface area contributed by atoms with Crippen LogP contribution in [0.4, 0.5) is 5.82 Å². The van der Waals surface area contributed by atoms with Crippen molar-refractivity contribution in [1.29, 1.82) is 0 Å². The predicted octanol–water partition coefficient (Wildman–Crippen LogP) is 1.72. The van der Waals surface area contributed by atoms with E-state index in [1.54, 1.807) is 0 Å². The first-order valence-electron chi connectivity index (χ1n) is 5.27. The fourth-order valence-electron chi connectivity index (χ4n) is 2.18. The maximum atomic E-state index is 5.91. The average Bonchev–Trinajstić information content (AvgIpc) is 2.84. The van der Waals surface area contributed by atoms with E-state index in [4.69, 9.17) is 5.73 Å². The van der Waals surface area contributed by atoms with Gasteiger partial charge in [-0.1, -0.05) is 0 Å². The van der Waals surface area contributed by atoms with Crippen LogP contribution in [-0.4, -0.2) is 28.5 Å². The van der Waals surface area contributed by atoms with E-state index < -0.39 is 0 Å². The lowest BCUT2D eigenvalue weighted by molar-refractivity contribution is 0.751. The van der Waals surface area contributed by atoms with Crippen LogP contribution in [0.1, 0.15) is 6.42 Å². The van der Waals surface area contributed by atoms with Crippen molar-refractivity contribution >= 4 is 36.1 Å². The van der Waals surface area contributed by atoms with Crippen LogP contribution in [0, 0.1) is 0 Å². The molecule has 1 atom stereocenters. The van der Waals surface area contributed by atoms with Crippen molar-refractivity contribution in [3.05, 3.63) is 30.7 Å². The SMILES string of the molecule is Cl.Cl.N[C@H]1CCN(c2nccn3cccc23)C1. The summed E-state index contributed by atoms with van der Waals surface area (Å²) < 4.78 is 2.09. The summed E-state index contributed by atoms with van der Waals surface area (Å²) in [5, 5.41) is 0. The topological polar surface area (TPSA) is 46.6 Å². The first-order valence-corrected chi connectivity index (χ1v) is 5.27. The number of rotatable bonds is 1. The minimum absolute atomic E-state index is 0. The monoisotopic (exact) mass is 274 g/mol. The van der Waals surface area contributed by atoms with E-state index in [9.17, 15) is 0 Å². The summed E-state index contributed by atoms with van der Waals surface area (Å²) in [4.78, 5) is 6.71. The summed E-state index contributed by atoms with van der Waals surface area (Å²) in [6, 6.07) is 4.42. The molecule has 0 aliphatic carbocycles. The molecule has 17 heavy (non-hydrogen) atoms. The molecule has 0 radical (unpaired) electrons. The second-order valence-electron chi connectivity index (χ2n) is 4.05. The predicted molar refractivity (Wildman–Crippen MR) is 74.5 cm³/mol. The number of fused-ring (bicyclic) bond motifs is 1. The van der Waals surface area contributed by atoms with Gasteiger partial charge in [-0.2, -0.15) is 0 Å². The Morgan fingerprint density at radius 2 is 2.12 bits per heavy atom. The third-order valence-corrected chi connectivity index (χ3v) is 2.96. The van der Waals surface area contributed by atoms with Crippen molar-refractivity contribution < 1.29 is 0 Å². The molecule has 1 aliphatic heterocycles. The molecular formula is C11H16Cl2N4. The lowest BCUT2D eigenvalue weighted by atomic mass is 10.3. The van der Waals surface area contributed by atoms with Gasteiger partial charge < -0.3 is 15.0 Å². The second-order valence-corrected chi connectivity index (χ2v) is 4.05. The van der Waals surface area contributed by atoms with Gasteiger partial charge in [-0.15, -0.1) is 24.8 Å². The molecule has 0 spiro atoms. The van der Waals surface area contributed by atoms with Crippen molar-refractivity contribution in [2.24, 2.45) is 5.73 Å². The Hall–Kier alpha value is -0.970. The zero-order chi connectivity index (χ0) is 10.3. The Labute approximate surface area is 113 Å². The van der Waals surface area contributed by atoms with Gasteiger partial charge in [0.25, 0.3) is 0 Å². The fourth-order valence-corrected chi connectivity index (χ4v) is 2.18. The van der Waals surface area contributed by atoms with E-state index in [1.807, 2.05) is 24.7 Å². The molecule has 1 aliphatic rings. The van der Waals surface area contributed by atoms with Crippen LogP contribution in [0.2, 0.25) is 0 Å². The lowest BCUT2D eigenvalue weighted by Gasteiger charge is -2.17. The Morgan fingerprint density at radius 3 is 2.82 bits per heavy atom. The van der Waals surface area contributed by atoms with Crippen molar-refractivity contribution in [3.8, 4) is 0 Å². The smallest absolute Gasteiger partial charge is 0.152 e. The summed E-state index contributed by atoms with van der Waals surface area (Å²) in [6.07, 6.45) is 6.90. The van der Waals surface area contributed by atoms with E-state index in [0.29, 0.717) is 6.04 Å². The maximum absolute atomic E-state index is 5.91. The number of hydrogen-bond acceptors (Lipinski definition) is 3. The first-order chi connectivity index (χ1) is 7.34. The molecule has 3 rings (SSSR count). The molecule has 1 fully saturated rings. The lowest BCUT2D eigenvalue weighted by Crippen LogP contribution is -2.27. The summed E-state index contributed by atoms with van der Waals surface area (Å²) >= 11 is 0. The average molecular weight is 275 g/mol. The molecule has 1 saturated heterocycles. The van der Waals surface area contributed by atoms with E-state index in [1.165, 1.54) is 0 Å². The van der Waals surface area contributed by atoms with Gasteiger partial charge in [-0.05, 0) is 18.6 Å². The van der Waals surface area contributed by atoms with Crippen LogP contribution in [0.15, 0.2) is 30.7 Å². The second kappa shape index (κ2) is 5.58. The molecule has 2 N–H and O–H groups in total. The third kappa shape index (κ3) is 2.49. The molecule has 2 aromatic rings. The van der Waals surface area contributed by atoms with E-state index in [2.05, 4.69) is 20.4 Å². The van der Waals surface area contributed by atoms with Gasteiger partial charge in [0, 0.05) is 37.7 Å². The molecular weight excluding hydrogens is 259 g/mol. The molecule has 4 nitrogen and oxygen atoms in total. The maximum Gasteiger partial charge on any atom is 0.152 e. The van der Waals surface area contributed by atoms with Crippen molar-refractivity contribution in [2.75, 3.05) is 18.0 Å². The molecule has 0 aromatic carbocycles. The van der Waals surface area contributed by atoms with Crippen LogP contribution < -0.4 is 10.6 Å². The third-order valence-electron chi connectivity index (χ3n) is 2.96. The van der Waals surface area contributed by atoms with E-state index in [0.717, 1.165) is 30.8 Å². The number of halogens is 2. The van der Waals surface area contributed by atoms with Crippen LogP contribution in [0.25, 0.3) is 5.52 Å². The molecule has 6 heteroatoms. The number of anilines is 1. The van der Waals surface area contributed by atoms with Gasteiger partial charge in [0.1, 0.15) is 0 Å². The molecule has 94 valence electrons. The van der Waals surface area contributed by atoms with Crippen LogP contribution in [0.5, 0.6) is 0 Å². The highest BCUT2D eigenvalue weighted by molar-refractivity contribution is 5.85. The zero-order valence-corrected chi connectivity index (χ0v) is 11.0. The van der Waals surface area contributed by atoms with E-state index in [-0.39, 0.29) is 24.8 Å². The number of nitrogens with zero attached hydrogens (tertiary/aromatic N) is 3. The zero-order valence-electron chi connectivity index (χ0n) is 9.32. The Balaban J connectivity index is 0.000000722.